The van der Waals surface area contributed by atoms with E-state index in [-0.39, 0.29) is 6.04 Å². The third kappa shape index (κ3) is 5.83. The van der Waals surface area contributed by atoms with Gasteiger partial charge in [0.05, 0.1) is 0 Å². The third-order valence-corrected chi connectivity index (χ3v) is 4.08. The largest absolute Gasteiger partial charge is 0.465 e. The Labute approximate surface area is 123 Å². The van der Waals surface area contributed by atoms with Gasteiger partial charge in [0.1, 0.15) is 0 Å². The lowest BCUT2D eigenvalue weighted by Gasteiger charge is -2.31. The predicted molar refractivity (Wildman–Crippen MR) is 81.7 cm³/mol. The summed E-state index contributed by atoms with van der Waals surface area (Å²) in [5.41, 5.74) is 0. The van der Waals surface area contributed by atoms with Gasteiger partial charge in [0.25, 0.3) is 0 Å². The molecular weight excluding hydrogens is 252 g/mol. The molecule has 0 heterocycles. The first kappa shape index (κ1) is 16.8. The van der Waals surface area contributed by atoms with Gasteiger partial charge in [-0.25, -0.2) is 4.79 Å². The Morgan fingerprint density at radius 2 is 1.85 bits per heavy atom. The van der Waals surface area contributed by atoms with Crippen molar-refractivity contribution in [3.05, 3.63) is 0 Å². The average Bonchev–Trinajstić information content (AvgIpc) is 2.43. The van der Waals surface area contributed by atoms with Gasteiger partial charge >= 0.3 is 6.09 Å². The highest BCUT2D eigenvalue weighted by molar-refractivity contribution is 5.64. The Balaban J connectivity index is 2.24. The molecule has 114 valence electrons. The molecule has 0 bridgehead atoms. The van der Waals surface area contributed by atoms with Crippen molar-refractivity contribution >= 4 is 6.09 Å². The van der Waals surface area contributed by atoms with Crippen molar-refractivity contribution in [3.8, 4) is 11.8 Å². The number of carbonyl (C=O) groups is 1. The summed E-state index contributed by atoms with van der Waals surface area (Å²) in [5.74, 6) is 7.12. The molecule has 0 aromatic carbocycles. The van der Waals surface area contributed by atoms with E-state index >= 15 is 0 Å². The molecule has 0 atom stereocenters. The molecule has 1 rings (SSSR count). The molecule has 0 spiro atoms. The molecular formula is C16H28N2O2. The summed E-state index contributed by atoms with van der Waals surface area (Å²) in [6, 6.07) is 0.182. The molecule has 1 fully saturated rings. The number of amides is 1. The summed E-state index contributed by atoms with van der Waals surface area (Å²) in [4.78, 5) is 14.7. The highest BCUT2D eigenvalue weighted by Gasteiger charge is 2.25. The van der Waals surface area contributed by atoms with Crippen LogP contribution in [0, 0.1) is 17.8 Å². The van der Waals surface area contributed by atoms with Crippen LogP contribution in [0.2, 0.25) is 0 Å². The van der Waals surface area contributed by atoms with Gasteiger partial charge in [0.15, 0.2) is 0 Å². The van der Waals surface area contributed by atoms with Crippen molar-refractivity contribution in [3.63, 3.8) is 0 Å². The van der Waals surface area contributed by atoms with Crippen LogP contribution in [0.3, 0.4) is 0 Å². The number of nitrogens with zero attached hydrogens (tertiary/aromatic N) is 2. The van der Waals surface area contributed by atoms with Crippen LogP contribution in [0.5, 0.6) is 0 Å². The van der Waals surface area contributed by atoms with Gasteiger partial charge in [-0.05, 0) is 45.7 Å². The van der Waals surface area contributed by atoms with Crippen LogP contribution in [0.25, 0.3) is 0 Å². The van der Waals surface area contributed by atoms with Gasteiger partial charge < -0.3 is 14.9 Å². The Morgan fingerprint density at radius 1 is 1.20 bits per heavy atom. The van der Waals surface area contributed by atoms with Crippen molar-refractivity contribution in [1.82, 2.24) is 9.80 Å². The Morgan fingerprint density at radius 3 is 2.40 bits per heavy atom. The maximum absolute atomic E-state index is 10.9. The lowest BCUT2D eigenvalue weighted by atomic mass is 9.86. The van der Waals surface area contributed by atoms with E-state index < -0.39 is 6.09 Å². The van der Waals surface area contributed by atoms with E-state index in [1.165, 1.54) is 11.3 Å². The molecule has 0 radical (unpaired) electrons. The fourth-order valence-corrected chi connectivity index (χ4v) is 2.72. The van der Waals surface area contributed by atoms with Gasteiger partial charge in [-0.1, -0.05) is 12.8 Å². The Hall–Kier alpha value is -1.21. The Kier molecular flexibility index (Phi) is 7.46. The predicted octanol–water partition coefficient (Wildman–Crippen LogP) is 2.89. The number of hydrogen-bond acceptors (Lipinski definition) is 2. The lowest BCUT2D eigenvalue weighted by molar-refractivity contribution is 0.123. The van der Waals surface area contributed by atoms with Crippen LogP contribution in [-0.2, 0) is 0 Å². The normalized spacial score (nSPS) is 22.2. The van der Waals surface area contributed by atoms with E-state index in [1.807, 2.05) is 0 Å². The van der Waals surface area contributed by atoms with Crippen LogP contribution in [0.4, 0.5) is 4.79 Å². The molecule has 0 aromatic rings. The topological polar surface area (TPSA) is 43.8 Å². The molecule has 1 amide bonds. The van der Waals surface area contributed by atoms with Crippen LogP contribution >= 0.6 is 0 Å². The SMILES string of the molecule is CCCN(C)CCC#CC1CCC(N(C)C(=O)O)CC1. The molecule has 1 saturated carbocycles. The van der Waals surface area contributed by atoms with Crippen molar-refractivity contribution in [2.45, 2.75) is 51.5 Å². The van der Waals surface area contributed by atoms with E-state index in [0.717, 1.165) is 45.2 Å². The zero-order chi connectivity index (χ0) is 15.0. The van der Waals surface area contributed by atoms with Gasteiger partial charge in [0, 0.05) is 32.0 Å². The maximum atomic E-state index is 10.9. The molecule has 0 unspecified atom stereocenters. The fourth-order valence-electron chi connectivity index (χ4n) is 2.72. The number of rotatable bonds is 5. The minimum Gasteiger partial charge on any atom is -0.465 e. The first-order valence-corrected chi connectivity index (χ1v) is 7.67. The molecule has 1 N–H and O–H groups in total. The zero-order valence-electron chi connectivity index (χ0n) is 13.1. The summed E-state index contributed by atoms with van der Waals surface area (Å²) in [6.45, 7) is 4.36. The van der Waals surface area contributed by atoms with Crippen molar-refractivity contribution in [1.29, 1.82) is 0 Å². The fraction of sp³-hybridized carbons (Fsp3) is 0.812. The maximum Gasteiger partial charge on any atom is 0.407 e. The minimum atomic E-state index is -0.821. The molecule has 4 heteroatoms. The number of hydrogen-bond donors (Lipinski definition) is 1. The zero-order valence-corrected chi connectivity index (χ0v) is 13.1. The van der Waals surface area contributed by atoms with Crippen molar-refractivity contribution in [2.24, 2.45) is 5.92 Å². The quantitative estimate of drug-likeness (QED) is 0.788. The summed E-state index contributed by atoms with van der Waals surface area (Å²) in [7, 11) is 3.81. The monoisotopic (exact) mass is 280 g/mol. The second kappa shape index (κ2) is 8.86. The smallest absolute Gasteiger partial charge is 0.407 e. The van der Waals surface area contributed by atoms with Crippen LogP contribution < -0.4 is 0 Å². The molecule has 4 nitrogen and oxygen atoms in total. The average molecular weight is 280 g/mol. The van der Waals surface area contributed by atoms with Gasteiger partial charge in [-0.15, -0.1) is 5.92 Å². The second-order valence-corrected chi connectivity index (χ2v) is 5.77. The van der Waals surface area contributed by atoms with Crippen LogP contribution in [0.15, 0.2) is 0 Å². The summed E-state index contributed by atoms with van der Waals surface area (Å²) in [5, 5.41) is 8.96. The summed E-state index contributed by atoms with van der Waals surface area (Å²) >= 11 is 0. The molecule has 0 aliphatic heterocycles. The van der Waals surface area contributed by atoms with Crippen LogP contribution in [0.1, 0.15) is 45.4 Å². The second-order valence-electron chi connectivity index (χ2n) is 5.77. The molecule has 0 aromatic heterocycles. The lowest BCUT2D eigenvalue weighted by Crippen LogP contribution is -2.38. The first-order chi connectivity index (χ1) is 9.54. The van der Waals surface area contributed by atoms with E-state index in [4.69, 9.17) is 5.11 Å². The van der Waals surface area contributed by atoms with Gasteiger partial charge in [0.2, 0.25) is 0 Å². The van der Waals surface area contributed by atoms with Crippen molar-refractivity contribution in [2.75, 3.05) is 27.2 Å². The van der Waals surface area contributed by atoms with Crippen LogP contribution in [-0.4, -0.2) is 54.2 Å². The number of carboxylic acid groups (broad SMARTS) is 1. The van der Waals surface area contributed by atoms with Gasteiger partial charge in [-0.2, -0.15) is 0 Å². The third-order valence-electron chi connectivity index (χ3n) is 4.08. The minimum absolute atomic E-state index is 0.182. The molecule has 0 saturated heterocycles. The standard InChI is InChI=1S/C16H28N2O2/c1-4-12-17(2)13-6-5-7-14-8-10-15(11-9-14)18(3)16(19)20/h14-15H,4,6,8-13H2,1-3H3,(H,19,20). The molecule has 20 heavy (non-hydrogen) atoms. The summed E-state index contributed by atoms with van der Waals surface area (Å²) in [6.07, 6.45) is 5.24. The van der Waals surface area contributed by atoms with Gasteiger partial charge in [-0.3, -0.25) is 0 Å². The first-order valence-electron chi connectivity index (χ1n) is 7.67. The molecule has 1 aliphatic carbocycles. The molecule has 1 aliphatic rings. The van der Waals surface area contributed by atoms with Crippen molar-refractivity contribution < 1.29 is 9.90 Å². The Bertz CT molecular complexity index is 351. The van der Waals surface area contributed by atoms with E-state index in [2.05, 4.69) is 30.7 Å². The van der Waals surface area contributed by atoms with E-state index in [9.17, 15) is 4.79 Å². The highest BCUT2D eigenvalue weighted by atomic mass is 16.4. The summed E-state index contributed by atoms with van der Waals surface area (Å²) < 4.78 is 0. The van der Waals surface area contributed by atoms with E-state index in [1.54, 1.807) is 7.05 Å². The van der Waals surface area contributed by atoms with E-state index in [0.29, 0.717) is 5.92 Å². The highest BCUT2D eigenvalue weighted by Crippen LogP contribution is 2.26.